The zero-order valence-corrected chi connectivity index (χ0v) is 13.2. The standard InChI is InChI=1S/C16H11N7S/c17-9-11-4-6-13(7-5-11)20-16-21-15(19)23(22-16)24-14-3-1-2-12(8-14)10-18/h1-8H,(H3,19,20,21,22). The second-order valence-corrected chi connectivity index (χ2v) is 5.71. The van der Waals surface area contributed by atoms with Crippen molar-refractivity contribution in [1.82, 2.24) is 14.2 Å². The molecule has 0 spiro atoms. The first kappa shape index (κ1) is 15.4. The summed E-state index contributed by atoms with van der Waals surface area (Å²) in [5.41, 5.74) is 7.77. The highest BCUT2D eigenvalue weighted by Crippen LogP contribution is 2.24. The third kappa shape index (κ3) is 3.46. The minimum absolute atomic E-state index is 0.235. The number of rotatable bonds is 4. The van der Waals surface area contributed by atoms with Crippen LogP contribution in [0.15, 0.2) is 53.4 Å². The van der Waals surface area contributed by atoms with Gasteiger partial charge < -0.3 is 11.1 Å². The molecule has 0 amide bonds. The van der Waals surface area contributed by atoms with Crippen LogP contribution >= 0.6 is 11.9 Å². The van der Waals surface area contributed by atoms with Crippen LogP contribution in [-0.2, 0) is 0 Å². The first-order valence-electron chi connectivity index (χ1n) is 6.86. The second-order valence-electron chi connectivity index (χ2n) is 4.71. The van der Waals surface area contributed by atoms with Crippen molar-refractivity contribution in [3.8, 4) is 12.1 Å². The van der Waals surface area contributed by atoms with Gasteiger partial charge in [-0.1, -0.05) is 6.07 Å². The maximum absolute atomic E-state index is 8.94. The Kier molecular flexibility index (Phi) is 4.32. The molecule has 3 rings (SSSR count). The summed E-state index contributed by atoms with van der Waals surface area (Å²) in [6.45, 7) is 0. The number of nitrogen functional groups attached to an aromatic ring is 1. The number of nitrogens with zero attached hydrogens (tertiary/aromatic N) is 5. The SMILES string of the molecule is N#Cc1ccc(Nc2nc(N)n(Sc3cccc(C#N)c3)n2)cc1. The zero-order chi connectivity index (χ0) is 16.9. The van der Waals surface area contributed by atoms with Crippen molar-refractivity contribution < 1.29 is 0 Å². The van der Waals surface area contributed by atoms with Crippen LogP contribution in [0.1, 0.15) is 11.1 Å². The van der Waals surface area contributed by atoms with Gasteiger partial charge >= 0.3 is 0 Å². The Balaban J connectivity index is 1.77. The van der Waals surface area contributed by atoms with Crippen molar-refractivity contribution in [2.45, 2.75) is 4.90 Å². The summed E-state index contributed by atoms with van der Waals surface area (Å²) >= 11 is 1.27. The van der Waals surface area contributed by atoms with Gasteiger partial charge in [0.25, 0.3) is 0 Å². The lowest BCUT2D eigenvalue weighted by Crippen LogP contribution is -1.97. The fourth-order valence-electron chi connectivity index (χ4n) is 1.91. The predicted molar refractivity (Wildman–Crippen MR) is 91.3 cm³/mol. The van der Waals surface area contributed by atoms with E-state index in [-0.39, 0.29) is 5.95 Å². The first-order valence-corrected chi connectivity index (χ1v) is 7.63. The molecule has 8 heteroatoms. The third-order valence-corrected chi connectivity index (χ3v) is 3.93. The van der Waals surface area contributed by atoms with E-state index in [2.05, 4.69) is 27.5 Å². The molecule has 0 unspecified atom stereocenters. The Morgan fingerprint density at radius 1 is 1.04 bits per heavy atom. The van der Waals surface area contributed by atoms with Crippen molar-refractivity contribution in [2.75, 3.05) is 11.1 Å². The lowest BCUT2D eigenvalue weighted by Gasteiger charge is -2.02. The molecule has 0 fully saturated rings. The van der Waals surface area contributed by atoms with Crippen molar-refractivity contribution in [3.05, 3.63) is 59.7 Å². The van der Waals surface area contributed by atoms with Gasteiger partial charge in [0.05, 0.1) is 23.3 Å². The summed E-state index contributed by atoms with van der Waals surface area (Å²) in [4.78, 5) is 4.98. The highest BCUT2D eigenvalue weighted by atomic mass is 32.2. The molecule has 1 aromatic heterocycles. The van der Waals surface area contributed by atoms with Crippen LogP contribution in [0.25, 0.3) is 0 Å². The molecule has 1 heterocycles. The quantitative estimate of drug-likeness (QED) is 0.754. The van der Waals surface area contributed by atoms with Crippen molar-refractivity contribution in [3.63, 3.8) is 0 Å². The van der Waals surface area contributed by atoms with Gasteiger partial charge in [0.1, 0.15) is 0 Å². The molecule has 0 saturated heterocycles. The Hall–Kier alpha value is -3.49. The average Bonchev–Trinajstić information content (AvgIpc) is 2.95. The lowest BCUT2D eigenvalue weighted by atomic mass is 10.2. The van der Waals surface area contributed by atoms with Crippen molar-refractivity contribution in [1.29, 1.82) is 10.5 Å². The molecule has 0 aliphatic carbocycles. The van der Waals surface area contributed by atoms with E-state index in [4.69, 9.17) is 16.3 Å². The Morgan fingerprint density at radius 2 is 1.79 bits per heavy atom. The predicted octanol–water partition coefficient (Wildman–Crippen LogP) is 2.90. The minimum Gasteiger partial charge on any atom is -0.367 e. The highest BCUT2D eigenvalue weighted by Gasteiger charge is 2.09. The molecule has 0 aliphatic rings. The fourth-order valence-corrected chi connectivity index (χ4v) is 2.68. The third-order valence-electron chi connectivity index (χ3n) is 3.03. The molecule has 0 bridgehead atoms. The Labute approximate surface area is 142 Å². The molecule has 0 radical (unpaired) electrons. The van der Waals surface area contributed by atoms with E-state index in [0.29, 0.717) is 17.1 Å². The van der Waals surface area contributed by atoms with Crippen LogP contribution in [0.4, 0.5) is 17.6 Å². The van der Waals surface area contributed by atoms with E-state index in [1.165, 1.54) is 16.0 Å². The van der Waals surface area contributed by atoms with Gasteiger partial charge in [0, 0.05) is 22.5 Å². The van der Waals surface area contributed by atoms with Gasteiger partial charge in [0.15, 0.2) is 0 Å². The number of nitrogens with two attached hydrogens (primary N) is 1. The van der Waals surface area contributed by atoms with E-state index in [9.17, 15) is 0 Å². The molecule has 24 heavy (non-hydrogen) atoms. The summed E-state index contributed by atoms with van der Waals surface area (Å²) in [5.74, 6) is 0.583. The van der Waals surface area contributed by atoms with E-state index in [1.54, 1.807) is 42.5 Å². The van der Waals surface area contributed by atoms with Crippen molar-refractivity contribution >= 4 is 29.5 Å². The van der Waals surface area contributed by atoms with Crippen LogP contribution in [0.5, 0.6) is 0 Å². The monoisotopic (exact) mass is 333 g/mol. The van der Waals surface area contributed by atoms with Gasteiger partial charge in [-0.25, -0.2) is 0 Å². The molecule has 116 valence electrons. The summed E-state index contributed by atoms with van der Waals surface area (Å²) in [5, 5.41) is 25.0. The van der Waals surface area contributed by atoms with E-state index in [1.807, 2.05) is 6.07 Å². The van der Waals surface area contributed by atoms with E-state index < -0.39 is 0 Å². The lowest BCUT2D eigenvalue weighted by molar-refractivity contribution is 1.02. The van der Waals surface area contributed by atoms with Gasteiger partial charge in [0.2, 0.25) is 11.9 Å². The molecule has 0 aliphatic heterocycles. The maximum atomic E-state index is 8.94. The van der Waals surface area contributed by atoms with E-state index >= 15 is 0 Å². The number of aromatic nitrogens is 3. The average molecular weight is 333 g/mol. The number of nitrogens with one attached hydrogen (secondary N) is 1. The largest absolute Gasteiger partial charge is 0.367 e. The molecular formula is C16H11N7S. The van der Waals surface area contributed by atoms with Crippen LogP contribution in [0.3, 0.4) is 0 Å². The Bertz CT molecular complexity index is 948. The van der Waals surface area contributed by atoms with E-state index in [0.717, 1.165) is 10.6 Å². The second kappa shape index (κ2) is 6.73. The van der Waals surface area contributed by atoms with Crippen LogP contribution in [-0.4, -0.2) is 14.2 Å². The number of hydrogen-bond acceptors (Lipinski definition) is 7. The minimum atomic E-state index is 0.235. The molecule has 3 N–H and O–H groups in total. The molecule has 2 aromatic carbocycles. The number of hydrogen-bond donors (Lipinski definition) is 2. The van der Waals surface area contributed by atoms with Gasteiger partial charge in [-0.2, -0.15) is 19.6 Å². The summed E-state index contributed by atoms with van der Waals surface area (Å²) in [6, 6.07) is 18.2. The fraction of sp³-hybridized carbons (Fsp3) is 0. The van der Waals surface area contributed by atoms with Crippen molar-refractivity contribution in [2.24, 2.45) is 0 Å². The molecule has 7 nitrogen and oxygen atoms in total. The van der Waals surface area contributed by atoms with Crippen LogP contribution < -0.4 is 11.1 Å². The smallest absolute Gasteiger partial charge is 0.249 e. The number of nitriles is 2. The van der Waals surface area contributed by atoms with Gasteiger partial charge in [-0.15, -0.1) is 5.10 Å². The number of benzene rings is 2. The summed E-state index contributed by atoms with van der Waals surface area (Å²) < 4.78 is 1.47. The highest BCUT2D eigenvalue weighted by molar-refractivity contribution is 7.97. The summed E-state index contributed by atoms with van der Waals surface area (Å²) in [7, 11) is 0. The molecule has 0 atom stereocenters. The van der Waals surface area contributed by atoms with Gasteiger partial charge in [-0.05, 0) is 42.5 Å². The maximum Gasteiger partial charge on any atom is 0.249 e. The van der Waals surface area contributed by atoms with Crippen LogP contribution in [0, 0.1) is 22.7 Å². The summed E-state index contributed by atoms with van der Waals surface area (Å²) in [6.07, 6.45) is 0. The number of anilines is 3. The molecule has 0 saturated carbocycles. The zero-order valence-electron chi connectivity index (χ0n) is 12.3. The molecule has 3 aromatic rings. The van der Waals surface area contributed by atoms with Gasteiger partial charge in [-0.3, -0.25) is 0 Å². The first-order chi connectivity index (χ1) is 11.7. The molecular weight excluding hydrogens is 322 g/mol. The normalized spacial score (nSPS) is 9.92. The Morgan fingerprint density at radius 3 is 2.50 bits per heavy atom. The van der Waals surface area contributed by atoms with Crippen LogP contribution in [0.2, 0.25) is 0 Å². The topological polar surface area (TPSA) is 116 Å².